The summed E-state index contributed by atoms with van der Waals surface area (Å²) in [6.45, 7) is 4.18. The minimum atomic E-state index is -0.508. The number of rotatable bonds is 6. The van der Waals surface area contributed by atoms with Crippen molar-refractivity contribution in [2.24, 2.45) is 5.92 Å². The van der Waals surface area contributed by atoms with Gasteiger partial charge >= 0.3 is 5.97 Å². The number of fused-ring (bicyclic) bond motifs is 1. The quantitative estimate of drug-likeness (QED) is 0.455. The maximum absolute atomic E-state index is 13.9. The van der Waals surface area contributed by atoms with Crippen LogP contribution in [-0.2, 0) is 22.4 Å². The van der Waals surface area contributed by atoms with Gasteiger partial charge in [0.15, 0.2) is 0 Å². The van der Waals surface area contributed by atoms with Gasteiger partial charge in [-0.1, -0.05) is 31.0 Å². The number of hydrogen-bond donors (Lipinski definition) is 1. The molecule has 1 unspecified atom stereocenters. The van der Waals surface area contributed by atoms with Crippen LogP contribution in [0.4, 0.5) is 9.39 Å². The van der Waals surface area contributed by atoms with E-state index in [1.54, 1.807) is 13.0 Å². The monoisotopic (exact) mass is 435 g/mol. The first-order valence-electron chi connectivity index (χ1n) is 9.69. The first-order chi connectivity index (χ1) is 13.9. The van der Waals surface area contributed by atoms with Crippen LogP contribution in [0.25, 0.3) is 6.08 Å². The second-order valence-electron chi connectivity index (χ2n) is 6.90. The summed E-state index contributed by atoms with van der Waals surface area (Å²) in [5.74, 6) is -0.800. The van der Waals surface area contributed by atoms with Gasteiger partial charge in [-0.3, -0.25) is 4.79 Å². The molecule has 0 bridgehead atoms. The van der Waals surface area contributed by atoms with E-state index in [1.807, 2.05) is 0 Å². The number of benzene rings is 1. The number of nitrogens with one attached hydrogen (secondary N) is 1. The van der Waals surface area contributed by atoms with E-state index in [0.29, 0.717) is 16.5 Å². The van der Waals surface area contributed by atoms with Crippen LogP contribution in [0, 0.1) is 11.7 Å². The largest absolute Gasteiger partial charge is 0.462 e. The summed E-state index contributed by atoms with van der Waals surface area (Å²) in [5, 5.41) is 3.48. The Labute approximate surface area is 178 Å². The van der Waals surface area contributed by atoms with Crippen LogP contribution in [0.3, 0.4) is 0 Å². The number of anilines is 1. The molecule has 29 heavy (non-hydrogen) atoms. The fourth-order valence-electron chi connectivity index (χ4n) is 3.49. The highest BCUT2D eigenvalue weighted by molar-refractivity contribution is 7.17. The Morgan fingerprint density at radius 1 is 1.38 bits per heavy atom. The number of carbonyl (C=O) groups is 2. The molecule has 7 heteroatoms. The Hall–Kier alpha value is -2.18. The number of thiophene rings is 1. The number of esters is 1. The van der Waals surface area contributed by atoms with Crippen LogP contribution in [0.5, 0.6) is 0 Å². The van der Waals surface area contributed by atoms with Gasteiger partial charge in [0.05, 0.1) is 17.2 Å². The lowest BCUT2D eigenvalue weighted by atomic mass is 9.85. The van der Waals surface area contributed by atoms with Crippen molar-refractivity contribution in [1.29, 1.82) is 0 Å². The summed E-state index contributed by atoms with van der Waals surface area (Å²) < 4.78 is 19.1. The number of amides is 1. The third-order valence-corrected chi connectivity index (χ3v) is 6.56. The van der Waals surface area contributed by atoms with Crippen molar-refractivity contribution in [2.45, 2.75) is 39.5 Å². The third-order valence-electron chi connectivity index (χ3n) is 5.06. The molecule has 0 saturated heterocycles. The molecular weight excluding hydrogens is 413 g/mol. The SMILES string of the molecule is CCOC(=O)c1c(NC(=O)C=Cc2c(F)cccc2Cl)sc2c1CCC(CC)C2. The van der Waals surface area contributed by atoms with E-state index in [2.05, 4.69) is 12.2 Å². The van der Waals surface area contributed by atoms with Gasteiger partial charge in [-0.2, -0.15) is 0 Å². The average Bonchev–Trinajstić information content (AvgIpc) is 3.04. The van der Waals surface area contributed by atoms with Crippen molar-refractivity contribution in [2.75, 3.05) is 11.9 Å². The molecule has 1 atom stereocenters. The number of carbonyl (C=O) groups excluding carboxylic acids is 2. The first kappa shape index (κ1) is 21.5. The van der Waals surface area contributed by atoms with E-state index in [9.17, 15) is 14.0 Å². The topological polar surface area (TPSA) is 55.4 Å². The fraction of sp³-hybridized carbons (Fsp3) is 0.364. The maximum Gasteiger partial charge on any atom is 0.341 e. The molecule has 3 rings (SSSR count). The molecule has 1 aliphatic rings. The molecule has 0 radical (unpaired) electrons. The molecule has 1 aromatic carbocycles. The Kier molecular flexibility index (Phi) is 7.09. The zero-order valence-electron chi connectivity index (χ0n) is 16.4. The predicted octanol–water partition coefficient (Wildman–Crippen LogP) is 5.88. The van der Waals surface area contributed by atoms with Gasteiger partial charge in [0.2, 0.25) is 5.91 Å². The van der Waals surface area contributed by atoms with Crippen molar-refractivity contribution >= 4 is 45.9 Å². The van der Waals surface area contributed by atoms with E-state index in [0.717, 1.165) is 36.1 Å². The van der Waals surface area contributed by atoms with Crippen molar-refractivity contribution in [1.82, 2.24) is 0 Å². The molecule has 0 aliphatic heterocycles. The minimum Gasteiger partial charge on any atom is -0.462 e. The molecule has 0 saturated carbocycles. The number of hydrogen-bond acceptors (Lipinski definition) is 4. The van der Waals surface area contributed by atoms with Gasteiger partial charge in [0.1, 0.15) is 10.8 Å². The van der Waals surface area contributed by atoms with E-state index in [4.69, 9.17) is 16.3 Å². The van der Waals surface area contributed by atoms with E-state index in [-0.39, 0.29) is 17.2 Å². The van der Waals surface area contributed by atoms with Crippen LogP contribution in [0.1, 0.15) is 53.1 Å². The third kappa shape index (κ3) is 4.87. The molecule has 2 aromatic rings. The van der Waals surface area contributed by atoms with Crippen molar-refractivity contribution in [3.8, 4) is 0 Å². The summed E-state index contributed by atoms with van der Waals surface area (Å²) in [6, 6.07) is 4.33. The summed E-state index contributed by atoms with van der Waals surface area (Å²) in [7, 11) is 0. The zero-order valence-corrected chi connectivity index (χ0v) is 18.0. The second kappa shape index (κ2) is 9.55. The molecule has 0 spiro atoms. The number of halogens is 2. The lowest BCUT2D eigenvalue weighted by Crippen LogP contribution is -2.16. The Balaban J connectivity index is 1.86. The smallest absolute Gasteiger partial charge is 0.341 e. The van der Waals surface area contributed by atoms with E-state index < -0.39 is 17.7 Å². The van der Waals surface area contributed by atoms with Gasteiger partial charge in [-0.05, 0) is 55.9 Å². The van der Waals surface area contributed by atoms with Crippen molar-refractivity contribution in [3.63, 3.8) is 0 Å². The van der Waals surface area contributed by atoms with Gasteiger partial charge < -0.3 is 10.1 Å². The fourth-order valence-corrected chi connectivity index (χ4v) is 5.07. The predicted molar refractivity (Wildman–Crippen MR) is 115 cm³/mol. The standard InChI is InChI=1S/C22H23ClFNO3S/c1-3-13-8-9-15-18(12-13)29-21(20(15)22(27)28-4-2)25-19(26)11-10-14-16(23)6-5-7-17(14)24/h5-7,10-11,13H,3-4,8-9,12H2,1-2H3,(H,25,26). The maximum atomic E-state index is 13.9. The summed E-state index contributed by atoms with van der Waals surface area (Å²) >= 11 is 7.41. The summed E-state index contributed by atoms with van der Waals surface area (Å²) in [4.78, 5) is 26.1. The van der Waals surface area contributed by atoms with Crippen LogP contribution < -0.4 is 5.32 Å². The first-order valence-corrected chi connectivity index (χ1v) is 10.9. The van der Waals surface area contributed by atoms with Crippen molar-refractivity contribution in [3.05, 3.63) is 56.7 Å². The van der Waals surface area contributed by atoms with E-state index >= 15 is 0 Å². The average molecular weight is 436 g/mol. The lowest BCUT2D eigenvalue weighted by molar-refractivity contribution is -0.111. The van der Waals surface area contributed by atoms with Crippen LogP contribution >= 0.6 is 22.9 Å². The summed E-state index contributed by atoms with van der Waals surface area (Å²) in [5.41, 5.74) is 1.58. The minimum absolute atomic E-state index is 0.145. The zero-order chi connectivity index (χ0) is 21.0. The number of ether oxygens (including phenoxy) is 1. The molecule has 1 N–H and O–H groups in total. The molecule has 154 valence electrons. The van der Waals surface area contributed by atoms with Gasteiger partial charge in [0, 0.05) is 16.5 Å². The van der Waals surface area contributed by atoms with Crippen molar-refractivity contribution < 1.29 is 18.7 Å². The highest BCUT2D eigenvalue weighted by Crippen LogP contribution is 2.40. The van der Waals surface area contributed by atoms with Crippen LogP contribution in [-0.4, -0.2) is 18.5 Å². The molecule has 4 nitrogen and oxygen atoms in total. The van der Waals surface area contributed by atoms with Crippen LogP contribution in [0.15, 0.2) is 24.3 Å². The molecule has 0 fully saturated rings. The van der Waals surface area contributed by atoms with E-state index in [1.165, 1.54) is 35.6 Å². The summed E-state index contributed by atoms with van der Waals surface area (Å²) in [6.07, 6.45) is 6.35. The highest BCUT2D eigenvalue weighted by atomic mass is 35.5. The molecule has 1 heterocycles. The lowest BCUT2D eigenvalue weighted by Gasteiger charge is -2.20. The Morgan fingerprint density at radius 3 is 2.86 bits per heavy atom. The Bertz CT molecular complexity index is 934. The molecule has 1 aliphatic carbocycles. The van der Waals surface area contributed by atoms with Crippen LogP contribution in [0.2, 0.25) is 5.02 Å². The molecule has 1 amide bonds. The van der Waals surface area contributed by atoms with Gasteiger partial charge in [-0.25, -0.2) is 9.18 Å². The van der Waals surface area contributed by atoms with Gasteiger partial charge in [0.25, 0.3) is 0 Å². The second-order valence-corrected chi connectivity index (χ2v) is 8.42. The van der Waals surface area contributed by atoms with Gasteiger partial charge in [-0.15, -0.1) is 11.3 Å². The highest BCUT2D eigenvalue weighted by Gasteiger charge is 2.29. The normalized spacial score (nSPS) is 15.9. The Morgan fingerprint density at radius 2 is 2.17 bits per heavy atom. The molecular formula is C22H23ClFNO3S. The molecule has 1 aromatic heterocycles.